The Balaban J connectivity index is 1.50. The number of aromatic nitrogens is 2. The van der Waals surface area contributed by atoms with Crippen molar-refractivity contribution in [3.63, 3.8) is 0 Å². The van der Waals surface area contributed by atoms with Crippen molar-refractivity contribution in [3.8, 4) is 5.75 Å². The summed E-state index contributed by atoms with van der Waals surface area (Å²) >= 11 is 0. The average molecular weight is 483 g/mol. The molecule has 9 heteroatoms. The van der Waals surface area contributed by atoms with Crippen LogP contribution in [0, 0.1) is 13.8 Å². The molecular formula is C25H30N4O4S. The fourth-order valence-corrected chi connectivity index (χ4v) is 6.21. The molecule has 1 aliphatic rings. The lowest BCUT2D eigenvalue weighted by molar-refractivity contribution is 0.102. The lowest BCUT2D eigenvalue weighted by Gasteiger charge is -2.26. The van der Waals surface area contributed by atoms with E-state index in [1.54, 1.807) is 54.2 Å². The number of sulfonamides is 1. The molecule has 0 bridgehead atoms. The second kappa shape index (κ2) is 9.99. The highest BCUT2D eigenvalue weighted by molar-refractivity contribution is 7.89. The Kier molecular flexibility index (Phi) is 7.04. The van der Waals surface area contributed by atoms with Gasteiger partial charge in [0, 0.05) is 18.7 Å². The second-order valence-corrected chi connectivity index (χ2v) is 10.3. The molecule has 0 aliphatic carbocycles. The molecule has 8 nitrogen and oxygen atoms in total. The minimum atomic E-state index is -3.56. The summed E-state index contributed by atoms with van der Waals surface area (Å²) in [5.41, 5.74) is 3.17. The molecule has 1 aromatic heterocycles. The van der Waals surface area contributed by atoms with Crippen molar-refractivity contribution in [2.45, 2.75) is 44.6 Å². The number of rotatable bonds is 7. The van der Waals surface area contributed by atoms with E-state index in [2.05, 4.69) is 10.4 Å². The monoisotopic (exact) mass is 482 g/mol. The highest BCUT2D eigenvalue weighted by Crippen LogP contribution is 2.27. The number of carbonyl (C=O) groups excluding carboxylic acids is 1. The predicted octanol–water partition coefficient (Wildman–Crippen LogP) is 3.98. The molecule has 2 aromatic carbocycles. The average Bonchev–Trinajstić information content (AvgIpc) is 3.13. The summed E-state index contributed by atoms with van der Waals surface area (Å²) in [6, 6.07) is 14.4. The second-order valence-electron chi connectivity index (χ2n) is 8.47. The molecule has 2 heterocycles. The van der Waals surface area contributed by atoms with E-state index in [1.165, 1.54) is 0 Å². The van der Waals surface area contributed by atoms with E-state index < -0.39 is 10.0 Å². The first-order valence-electron chi connectivity index (χ1n) is 11.4. The van der Waals surface area contributed by atoms with Gasteiger partial charge >= 0.3 is 0 Å². The van der Waals surface area contributed by atoms with Crippen LogP contribution in [0.4, 0.5) is 5.69 Å². The van der Waals surface area contributed by atoms with E-state index in [1.807, 2.05) is 24.3 Å². The van der Waals surface area contributed by atoms with Crippen LogP contribution in [-0.2, 0) is 16.6 Å². The molecule has 1 fully saturated rings. The molecule has 180 valence electrons. The van der Waals surface area contributed by atoms with Crippen LogP contribution in [0.1, 0.15) is 46.6 Å². The van der Waals surface area contributed by atoms with Crippen LogP contribution in [0.3, 0.4) is 0 Å². The first-order valence-corrected chi connectivity index (χ1v) is 12.8. The Morgan fingerprint density at radius 1 is 1.03 bits per heavy atom. The molecule has 0 spiro atoms. The van der Waals surface area contributed by atoms with Crippen molar-refractivity contribution in [1.29, 1.82) is 0 Å². The van der Waals surface area contributed by atoms with Gasteiger partial charge in [-0.1, -0.05) is 30.7 Å². The fourth-order valence-electron chi connectivity index (χ4n) is 4.32. The summed E-state index contributed by atoms with van der Waals surface area (Å²) < 4.78 is 35.0. The molecule has 0 radical (unpaired) electrons. The molecule has 1 aliphatic heterocycles. The van der Waals surface area contributed by atoms with E-state index in [9.17, 15) is 13.2 Å². The quantitative estimate of drug-likeness (QED) is 0.550. The number of amides is 1. The first-order chi connectivity index (χ1) is 16.3. The van der Waals surface area contributed by atoms with Crippen molar-refractivity contribution < 1.29 is 17.9 Å². The van der Waals surface area contributed by atoms with Crippen LogP contribution < -0.4 is 10.1 Å². The van der Waals surface area contributed by atoms with Crippen LogP contribution in [0.15, 0.2) is 53.4 Å². The molecule has 1 amide bonds. The number of hydrogen-bond acceptors (Lipinski definition) is 5. The number of carbonyl (C=O) groups is 1. The molecule has 0 atom stereocenters. The third-order valence-corrected chi connectivity index (χ3v) is 8.28. The van der Waals surface area contributed by atoms with E-state index in [0.29, 0.717) is 52.9 Å². The van der Waals surface area contributed by atoms with Gasteiger partial charge in [-0.05, 0) is 56.5 Å². The van der Waals surface area contributed by atoms with Gasteiger partial charge in [0.05, 0.1) is 30.7 Å². The number of aryl methyl sites for hydroxylation is 1. The lowest BCUT2D eigenvalue weighted by atomic mass is 10.1. The maximum atomic E-state index is 13.2. The van der Waals surface area contributed by atoms with E-state index in [-0.39, 0.29) is 5.91 Å². The lowest BCUT2D eigenvalue weighted by Crippen LogP contribution is -2.36. The maximum absolute atomic E-state index is 13.2. The van der Waals surface area contributed by atoms with Crippen molar-refractivity contribution in [2.24, 2.45) is 0 Å². The van der Waals surface area contributed by atoms with Gasteiger partial charge in [-0.2, -0.15) is 9.40 Å². The van der Waals surface area contributed by atoms with Crippen LogP contribution in [0.25, 0.3) is 0 Å². The summed E-state index contributed by atoms with van der Waals surface area (Å²) in [5.74, 6) is 0.351. The van der Waals surface area contributed by atoms with Crippen molar-refractivity contribution >= 4 is 21.6 Å². The number of nitrogens with one attached hydrogen (secondary N) is 1. The van der Waals surface area contributed by atoms with Crippen LogP contribution in [0.2, 0.25) is 0 Å². The fraction of sp³-hybridized carbons (Fsp3) is 0.360. The van der Waals surface area contributed by atoms with Gasteiger partial charge < -0.3 is 10.1 Å². The molecule has 3 aromatic rings. The number of nitrogens with zero attached hydrogens (tertiary/aromatic N) is 3. The van der Waals surface area contributed by atoms with Gasteiger partial charge in [0.25, 0.3) is 5.91 Å². The minimum Gasteiger partial charge on any atom is -0.495 e. The smallest absolute Gasteiger partial charge is 0.255 e. The maximum Gasteiger partial charge on any atom is 0.255 e. The zero-order chi connectivity index (χ0) is 24.3. The number of methoxy groups -OCH3 is 1. The SMILES string of the molecule is COc1ccccc1NC(=O)c1ccc(Cn2nc(C)c(S(=O)(=O)N3CCCCC3)c2C)cc1. The van der Waals surface area contributed by atoms with Crippen LogP contribution in [0.5, 0.6) is 5.75 Å². The zero-order valence-electron chi connectivity index (χ0n) is 19.7. The van der Waals surface area contributed by atoms with Crippen LogP contribution >= 0.6 is 0 Å². The normalized spacial score (nSPS) is 14.7. The number of ether oxygens (including phenoxy) is 1. The highest BCUT2D eigenvalue weighted by Gasteiger charge is 2.31. The van der Waals surface area contributed by atoms with Gasteiger partial charge in [0.1, 0.15) is 10.6 Å². The highest BCUT2D eigenvalue weighted by atomic mass is 32.2. The number of piperidine rings is 1. The number of hydrogen-bond donors (Lipinski definition) is 1. The molecule has 0 saturated carbocycles. The Bertz CT molecular complexity index is 1280. The minimum absolute atomic E-state index is 0.239. The van der Waals surface area contributed by atoms with E-state index in [4.69, 9.17) is 4.74 Å². The van der Waals surface area contributed by atoms with Gasteiger partial charge in [0.15, 0.2) is 0 Å². The largest absolute Gasteiger partial charge is 0.495 e. The Hall–Kier alpha value is -3.17. The molecular weight excluding hydrogens is 452 g/mol. The van der Waals surface area contributed by atoms with Gasteiger partial charge in [-0.15, -0.1) is 0 Å². The zero-order valence-corrected chi connectivity index (χ0v) is 20.6. The summed E-state index contributed by atoms with van der Waals surface area (Å²) in [4.78, 5) is 13.0. The summed E-state index contributed by atoms with van der Waals surface area (Å²) in [7, 11) is -2.00. The van der Waals surface area contributed by atoms with Crippen molar-refractivity contribution in [2.75, 3.05) is 25.5 Å². The third kappa shape index (κ3) is 4.85. The molecule has 34 heavy (non-hydrogen) atoms. The number of anilines is 1. The van der Waals surface area contributed by atoms with Gasteiger partial charge in [0.2, 0.25) is 10.0 Å². The van der Waals surface area contributed by atoms with Gasteiger partial charge in [-0.3, -0.25) is 9.48 Å². The Morgan fingerprint density at radius 2 is 1.71 bits per heavy atom. The number of para-hydroxylation sites is 2. The molecule has 0 unspecified atom stereocenters. The van der Waals surface area contributed by atoms with E-state index in [0.717, 1.165) is 24.8 Å². The Morgan fingerprint density at radius 3 is 2.38 bits per heavy atom. The Labute approximate surface area is 200 Å². The van der Waals surface area contributed by atoms with Crippen LogP contribution in [-0.4, -0.2) is 48.6 Å². The first kappa shape index (κ1) is 24.0. The standard InChI is InChI=1S/C25H30N4O4S/c1-18-24(34(31,32)28-15-7-4-8-16-28)19(2)29(27-18)17-20-11-13-21(14-12-20)25(30)26-22-9-5-6-10-23(22)33-3/h5-6,9-14H,4,7-8,15-17H2,1-3H3,(H,26,30). The molecule has 4 rings (SSSR count). The molecule has 1 saturated heterocycles. The van der Waals surface area contributed by atoms with Crippen molar-refractivity contribution in [3.05, 3.63) is 71.0 Å². The molecule has 1 N–H and O–H groups in total. The summed E-state index contributed by atoms with van der Waals surface area (Å²) in [6.45, 7) is 5.07. The van der Waals surface area contributed by atoms with E-state index >= 15 is 0 Å². The van der Waals surface area contributed by atoms with Gasteiger partial charge in [-0.25, -0.2) is 8.42 Å². The summed E-state index contributed by atoms with van der Waals surface area (Å²) in [6.07, 6.45) is 2.85. The summed E-state index contributed by atoms with van der Waals surface area (Å²) in [5, 5.41) is 7.38. The topological polar surface area (TPSA) is 93.5 Å². The third-order valence-electron chi connectivity index (χ3n) is 6.13. The number of benzene rings is 2. The predicted molar refractivity (Wildman–Crippen MR) is 131 cm³/mol. The van der Waals surface area contributed by atoms with Crippen molar-refractivity contribution in [1.82, 2.24) is 14.1 Å².